The molecule has 2 aliphatic rings. The van der Waals surface area contributed by atoms with Crippen molar-refractivity contribution < 1.29 is 22.4 Å². The third-order valence-corrected chi connectivity index (χ3v) is 4.40. The molecule has 114 valence electrons. The first kappa shape index (κ1) is 14.5. The Kier molecular flexibility index (Phi) is 3.51. The van der Waals surface area contributed by atoms with Gasteiger partial charge >= 0.3 is 6.18 Å². The zero-order valence-corrected chi connectivity index (χ0v) is 11.2. The van der Waals surface area contributed by atoms with Crippen molar-refractivity contribution in [1.29, 1.82) is 0 Å². The molecule has 2 unspecified atom stereocenters. The number of hydrogen-bond donors (Lipinski definition) is 1. The molecule has 0 saturated carbocycles. The highest BCUT2D eigenvalue weighted by atomic mass is 19.4. The van der Waals surface area contributed by atoms with Crippen LogP contribution in [0.1, 0.15) is 41.6 Å². The summed E-state index contributed by atoms with van der Waals surface area (Å²) in [5, 5.41) is 3.35. The predicted molar refractivity (Wildman–Crippen MR) is 68.4 cm³/mol. The second-order valence-electron chi connectivity index (χ2n) is 5.86. The van der Waals surface area contributed by atoms with Crippen molar-refractivity contribution in [3.8, 4) is 0 Å². The molecule has 21 heavy (non-hydrogen) atoms. The number of nitrogens with one attached hydrogen (secondary N) is 1. The number of hydrogen-bond acceptors (Lipinski definition) is 2. The molecule has 6 heteroatoms. The molecule has 3 rings (SSSR count). The van der Waals surface area contributed by atoms with Gasteiger partial charge in [0.2, 0.25) is 0 Å². The van der Waals surface area contributed by atoms with Crippen LogP contribution in [0.5, 0.6) is 0 Å². The summed E-state index contributed by atoms with van der Waals surface area (Å²) >= 11 is 0. The van der Waals surface area contributed by atoms with E-state index in [1.807, 2.05) is 0 Å². The molecular weight excluding hydrogens is 286 g/mol. The van der Waals surface area contributed by atoms with Crippen LogP contribution in [0, 0.1) is 11.7 Å². The highest BCUT2D eigenvalue weighted by Crippen LogP contribution is 2.35. The summed E-state index contributed by atoms with van der Waals surface area (Å²) in [7, 11) is 0. The van der Waals surface area contributed by atoms with Gasteiger partial charge in [0, 0.05) is 18.0 Å². The van der Waals surface area contributed by atoms with Gasteiger partial charge in [-0.3, -0.25) is 4.79 Å². The number of carbonyl (C=O) groups excluding carboxylic acids is 1. The number of benzene rings is 1. The maximum Gasteiger partial charge on any atom is 0.416 e. The lowest BCUT2D eigenvalue weighted by atomic mass is 9.85. The first-order chi connectivity index (χ1) is 9.84. The molecule has 0 radical (unpaired) electrons. The lowest BCUT2D eigenvalue weighted by molar-refractivity contribution is -0.137. The number of ketones is 1. The first-order valence-corrected chi connectivity index (χ1v) is 7.01. The smallest absolute Gasteiger partial charge is 0.311 e. The van der Waals surface area contributed by atoms with Gasteiger partial charge in [0.15, 0.2) is 5.78 Å². The van der Waals surface area contributed by atoms with Crippen molar-refractivity contribution in [1.82, 2.24) is 5.32 Å². The number of halogens is 4. The fourth-order valence-corrected chi connectivity index (χ4v) is 3.38. The van der Waals surface area contributed by atoms with Gasteiger partial charge in [-0.2, -0.15) is 13.2 Å². The number of fused-ring (bicyclic) bond motifs is 2. The average molecular weight is 301 g/mol. The fourth-order valence-electron chi connectivity index (χ4n) is 3.38. The van der Waals surface area contributed by atoms with E-state index in [1.165, 1.54) is 0 Å². The normalized spacial score (nSPS) is 28.7. The molecule has 0 aromatic heterocycles. The van der Waals surface area contributed by atoms with Crippen molar-refractivity contribution >= 4 is 5.78 Å². The number of piperidine rings is 1. The monoisotopic (exact) mass is 301 g/mol. The van der Waals surface area contributed by atoms with E-state index in [-0.39, 0.29) is 18.0 Å². The van der Waals surface area contributed by atoms with E-state index in [0.717, 1.165) is 18.9 Å². The van der Waals surface area contributed by atoms with Crippen LogP contribution in [0.3, 0.4) is 0 Å². The van der Waals surface area contributed by atoms with E-state index in [9.17, 15) is 22.4 Å². The highest BCUT2D eigenvalue weighted by Gasteiger charge is 2.38. The number of Topliss-reactive ketones (excluding diaryl/α,β-unsaturated/α-hetero) is 1. The summed E-state index contributed by atoms with van der Waals surface area (Å²) in [6.07, 6.45) is -1.48. The molecule has 2 aliphatic heterocycles. The van der Waals surface area contributed by atoms with E-state index in [2.05, 4.69) is 5.32 Å². The Bertz CT molecular complexity index is 557. The summed E-state index contributed by atoms with van der Waals surface area (Å²) in [6.45, 7) is 0. The minimum atomic E-state index is -4.57. The Hall–Kier alpha value is -1.43. The molecule has 1 aromatic rings. The molecule has 0 spiro atoms. The van der Waals surface area contributed by atoms with Gasteiger partial charge in [0.25, 0.3) is 0 Å². The second-order valence-corrected chi connectivity index (χ2v) is 5.86. The van der Waals surface area contributed by atoms with Gasteiger partial charge in [-0.25, -0.2) is 4.39 Å². The Morgan fingerprint density at radius 3 is 2.33 bits per heavy atom. The molecule has 0 aliphatic carbocycles. The van der Waals surface area contributed by atoms with Crippen LogP contribution in [-0.2, 0) is 6.18 Å². The minimum absolute atomic E-state index is 0.228. The number of alkyl halides is 3. The summed E-state index contributed by atoms with van der Waals surface area (Å²) < 4.78 is 51.9. The van der Waals surface area contributed by atoms with Crippen LogP contribution >= 0.6 is 0 Å². The maximum absolute atomic E-state index is 13.8. The number of rotatable bonds is 2. The predicted octanol–water partition coefficient (Wildman–Crippen LogP) is 3.56. The molecular formula is C15H15F4NO. The van der Waals surface area contributed by atoms with E-state index in [0.29, 0.717) is 25.0 Å². The summed E-state index contributed by atoms with van der Waals surface area (Å²) in [5.41, 5.74) is -1.42. The minimum Gasteiger partial charge on any atom is -0.311 e. The molecule has 2 fully saturated rings. The van der Waals surface area contributed by atoms with Crippen LogP contribution in [0.25, 0.3) is 0 Å². The largest absolute Gasteiger partial charge is 0.416 e. The van der Waals surface area contributed by atoms with Crippen LogP contribution in [-0.4, -0.2) is 17.9 Å². The molecule has 0 amide bonds. The van der Waals surface area contributed by atoms with E-state index < -0.39 is 28.9 Å². The Morgan fingerprint density at radius 1 is 1.14 bits per heavy atom. The van der Waals surface area contributed by atoms with Gasteiger partial charge in [0.1, 0.15) is 5.82 Å². The zero-order valence-electron chi connectivity index (χ0n) is 11.2. The van der Waals surface area contributed by atoms with Crippen molar-refractivity contribution in [2.24, 2.45) is 5.92 Å². The lowest BCUT2D eigenvalue weighted by Crippen LogP contribution is -2.40. The molecule has 1 aromatic carbocycles. The summed E-state index contributed by atoms with van der Waals surface area (Å²) in [5.74, 6) is -1.77. The van der Waals surface area contributed by atoms with E-state index in [1.54, 1.807) is 0 Å². The van der Waals surface area contributed by atoms with Crippen LogP contribution in [0.15, 0.2) is 18.2 Å². The standard InChI is InChI=1S/C15H15F4NO/c16-13-4-1-9(15(17,18)19)7-12(13)14(21)8-5-10-2-3-11(6-8)20-10/h1,4,7-8,10-11,20H,2-3,5-6H2. The number of carbonyl (C=O) groups is 1. The van der Waals surface area contributed by atoms with Gasteiger partial charge in [-0.1, -0.05) is 0 Å². The third kappa shape index (κ3) is 2.81. The maximum atomic E-state index is 13.8. The Labute approximate surface area is 119 Å². The highest BCUT2D eigenvalue weighted by molar-refractivity contribution is 5.98. The topological polar surface area (TPSA) is 29.1 Å². The fraction of sp³-hybridized carbons (Fsp3) is 0.533. The molecule has 2 nitrogen and oxygen atoms in total. The van der Waals surface area contributed by atoms with Crippen LogP contribution in [0.2, 0.25) is 0 Å². The SMILES string of the molecule is O=C(c1cc(C(F)(F)F)ccc1F)C1CC2CCC(C1)N2. The van der Waals surface area contributed by atoms with E-state index >= 15 is 0 Å². The van der Waals surface area contributed by atoms with E-state index in [4.69, 9.17) is 0 Å². The van der Waals surface area contributed by atoms with Crippen LogP contribution in [0.4, 0.5) is 17.6 Å². The van der Waals surface area contributed by atoms with Crippen LogP contribution < -0.4 is 5.32 Å². The molecule has 2 bridgehead atoms. The quantitative estimate of drug-likeness (QED) is 0.668. The second kappa shape index (κ2) is 5.09. The molecule has 2 heterocycles. The van der Waals surface area contributed by atoms with Crippen molar-refractivity contribution in [3.63, 3.8) is 0 Å². The van der Waals surface area contributed by atoms with Crippen molar-refractivity contribution in [2.45, 2.75) is 43.9 Å². The third-order valence-electron chi connectivity index (χ3n) is 4.40. The Balaban J connectivity index is 1.87. The van der Waals surface area contributed by atoms with Crippen molar-refractivity contribution in [2.75, 3.05) is 0 Å². The lowest BCUT2D eigenvalue weighted by Gasteiger charge is -2.28. The molecule has 1 N–H and O–H groups in total. The first-order valence-electron chi connectivity index (χ1n) is 7.01. The average Bonchev–Trinajstić information content (AvgIpc) is 2.76. The van der Waals surface area contributed by atoms with Crippen molar-refractivity contribution in [3.05, 3.63) is 35.1 Å². The van der Waals surface area contributed by atoms with Gasteiger partial charge < -0.3 is 5.32 Å². The molecule has 2 atom stereocenters. The summed E-state index contributed by atoms with van der Waals surface area (Å²) in [6, 6.07) is 2.49. The van der Waals surface area contributed by atoms with Gasteiger partial charge in [-0.05, 0) is 43.9 Å². The van der Waals surface area contributed by atoms with Gasteiger partial charge in [0.05, 0.1) is 11.1 Å². The zero-order chi connectivity index (χ0) is 15.2. The summed E-state index contributed by atoms with van der Waals surface area (Å²) in [4.78, 5) is 12.4. The Morgan fingerprint density at radius 2 is 1.76 bits per heavy atom. The molecule has 2 saturated heterocycles. The van der Waals surface area contributed by atoms with Gasteiger partial charge in [-0.15, -0.1) is 0 Å².